The number of allylic oxidation sites excluding steroid dienone is 2. The van der Waals surface area contributed by atoms with Gasteiger partial charge in [0.1, 0.15) is 0 Å². The van der Waals surface area contributed by atoms with Gasteiger partial charge in [-0.3, -0.25) is 4.79 Å². The molecule has 0 saturated carbocycles. The zero-order valence-corrected chi connectivity index (χ0v) is 9.60. The van der Waals surface area contributed by atoms with Crippen molar-refractivity contribution in [1.82, 2.24) is 0 Å². The Hall–Kier alpha value is -0.790. The highest BCUT2D eigenvalue weighted by atomic mass is 16.3. The van der Waals surface area contributed by atoms with Gasteiger partial charge in [-0.25, -0.2) is 0 Å². The van der Waals surface area contributed by atoms with Crippen molar-refractivity contribution in [3.63, 3.8) is 0 Å². The molecule has 1 aliphatic rings. The highest BCUT2D eigenvalue weighted by molar-refractivity contribution is 5.98. The number of rotatable bonds is 4. The van der Waals surface area contributed by atoms with Crippen molar-refractivity contribution in [1.29, 1.82) is 0 Å². The molecule has 2 nitrogen and oxygen atoms in total. The highest BCUT2D eigenvalue weighted by Crippen LogP contribution is 2.24. The van der Waals surface area contributed by atoms with Crippen LogP contribution in [0.3, 0.4) is 0 Å². The fraction of sp³-hybridized carbons (Fsp3) is 0.750. The van der Waals surface area contributed by atoms with E-state index in [4.69, 9.17) is 0 Å². The van der Waals surface area contributed by atoms with Crippen molar-refractivity contribution >= 4 is 5.78 Å². The van der Waals surface area contributed by atoms with E-state index in [2.05, 4.69) is 6.92 Å². The second-order valence-corrected chi connectivity index (χ2v) is 3.31. The quantitative estimate of drug-likeness (QED) is 0.698. The molecule has 0 atom stereocenters. The lowest BCUT2D eigenvalue weighted by Crippen LogP contribution is -1.96. The number of hydrogen-bond acceptors (Lipinski definition) is 2. The molecule has 0 bridgehead atoms. The van der Waals surface area contributed by atoms with Crippen LogP contribution in [-0.4, -0.2) is 10.9 Å². The minimum absolute atomic E-state index is 0.156. The fourth-order valence-electron chi connectivity index (χ4n) is 1.53. The smallest absolute Gasteiger partial charge is 0.162 e. The molecule has 0 aromatic heterocycles. The number of carbonyl (C=O) groups is 1. The Bertz CT molecular complexity index is 204. The first-order valence-corrected chi connectivity index (χ1v) is 5.70. The predicted octanol–water partition coefficient (Wildman–Crippen LogP) is 3.77. The fourth-order valence-corrected chi connectivity index (χ4v) is 1.53. The molecule has 0 unspecified atom stereocenters. The maximum absolute atomic E-state index is 11.2. The van der Waals surface area contributed by atoms with Crippen molar-refractivity contribution in [2.24, 2.45) is 0 Å². The van der Waals surface area contributed by atoms with Crippen molar-refractivity contribution in [3.05, 3.63) is 11.3 Å². The van der Waals surface area contributed by atoms with E-state index in [1.54, 1.807) is 0 Å². The van der Waals surface area contributed by atoms with Crippen LogP contribution in [-0.2, 0) is 4.79 Å². The maximum Gasteiger partial charge on any atom is 0.162 e. The Morgan fingerprint density at radius 1 is 1.21 bits per heavy atom. The van der Waals surface area contributed by atoms with Gasteiger partial charge in [-0.1, -0.05) is 33.6 Å². The standard InChI is InChI=1S/C10H16O2.C2H6/c1-2-3-4-5-8-9(11)6-7-10(8)12;1-2/h11H,2-7H2,1H3;1-2H3. The minimum atomic E-state index is 0.156. The largest absolute Gasteiger partial charge is 0.512 e. The topological polar surface area (TPSA) is 37.3 Å². The summed E-state index contributed by atoms with van der Waals surface area (Å²) in [5, 5.41) is 9.32. The van der Waals surface area contributed by atoms with E-state index >= 15 is 0 Å². The first-order valence-electron chi connectivity index (χ1n) is 5.70. The average Bonchev–Trinajstić information content (AvgIpc) is 2.52. The van der Waals surface area contributed by atoms with Gasteiger partial charge >= 0.3 is 0 Å². The molecule has 0 heterocycles. The van der Waals surface area contributed by atoms with Crippen LogP contribution < -0.4 is 0 Å². The predicted molar refractivity (Wildman–Crippen MR) is 59.4 cm³/mol. The van der Waals surface area contributed by atoms with Gasteiger partial charge in [-0.05, 0) is 12.8 Å². The van der Waals surface area contributed by atoms with Gasteiger partial charge in [0.05, 0.1) is 5.76 Å². The number of unbranched alkanes of at least 4 members (excludes halogenated alkanes) is 2. The van der Waals surface area contributed by atoms with Crippen LogP contribution in [0.25, 0.3) is 0 Å². The molecule has 0 spiro atoms. The van der Waals surface area contributed by atoms with Gasteiger partial charge in [0.15, 0.2) is 5.78 Å². The SMILES string of the molecule is CC.CCCCCC1=C(O)CCC1=O. The van der Waals surface area contributed by atoms with E-state index < -0.39 is 0 Å². The van der Waals surface area contributed by atoms with Gasteiger partial charge in [0.25, 0.3) is 0 Å². The molecule has 82 valence electrons. The summed E-state index contributed by atoms with van der Waals surface area (Å²) in [5.74, 6) is 0.500. The van der Waals surface area contributed by atoms with Crippen LogP contribution in [0, 0.1) is 0 Å². The van der Waals surface area contributed by atoms with Gasteiger partial charge in [-0.15, -0.1) is 0 Å². The molecule has 0 aromatic rings. The molecule has 2 heteroatoms. The second-order valence-electron chi connectivity index (χ2n) is 3.31. The molecule has 0 radical (unpaired) electrons. The molecule has 1 aliphatic carbocycles. The lowest BCUT2D eigenvalue weighted by atomic mass is 10.1. The third-order valence-corrected chi connectivity index (χ3v) is 2.30. The van der Waals surface area contributed by atoms with Crippen LogP contribution in [0.4, 0.5) is 0 Å². The van der Waals surface area contributed by atoms with Crippen molar-refractivity contribution in [3.8, 4) is 0 Å². The van der Waals surface area contributed by atoms with Crippen LogP contribution in [0.15, 0.2) is 11.3 Å². The van der Waals surface area contributed by atoms with Gasteiger partial charge < -0.3 is 5.11 Å². The Morgan fingerprint density at radius 2 is 1.86 bits per heavy atom. The average molecular weight is 198 g/mol. The third kappa shape index (κ3) is 3.95. The number of aliphatic hydroxyl groups is 1. The molecule has 0 aliphatic heterocycles. The number of ketones is 1. The van der Waals surface area contributed by atoms with Crippen molar-refractivity contribution < 1.29 is 9.90 Å². The highest BCUT2D eigenvalue weighted by Gasteiger charge is 2.21. The monoisotopic (exact) mass is 198 g/mol. The van der Waals surface area contributed by atoms with Gasteiger partial charge in [-0.2, -0.15) is 0 Å². The first kappa shape index (κ1) is 13.2. The Balaban J connectivity index is 0.000000791. The van der Waals surface area contributed by atoms with Crippen LogP contribution in [0.5, 0.6) is 0 Å². The van der Waals surface area contributed by atoms with Crippen molar-refractivity contribution in [2.45, 2.75) is 59.3 Å². The Kier molecular flexibility index (Phi) is 7.17. The summed E-state index contributed by atoms with van der Waals surface area (Å²) in [4.78, 5) is 11.2. The summed E-state index contributed by atoms with van der Waals surface area (Å²) < 4.78 is 0. The first-order chi connectivity index (χ1) is 6.75. The van der Waals surface area contributed by atoms with E-state index in [1.165, 1.54) is 0 Å². The molecule has 0 fully saturated rings. The Labute approximate surface area is 87.0 Å². The Morgan fingerprint density at radius 3 is 2.29 bits per heavy atom. The summed E-state index contributed by atoms with van der Waals surface area (Å²) >= 11 is 0. The van der Waals surface area contributed by atoms with E-state index in [1.807, 2.05) is 13.8 Å². The number of aliphatic hydroxyl groups excluding tert-OH is 1. The minimum Gasteiger partial charge on any atom is -0.512 e. The molecule has 0 aromatic carbocycles. The van der Waals surface area contributed by atoms with Crippen LogP contribution in [0.2, 0.25) is 0 Å². The summed E-state index contributed by atoms with van der Waals surface area (Å²) in [6.07, 6.45) is 5.19. The molecular weight excluding hydrogens is 176 g/mol. The summed E-state index contributed by atoms with van der Waals surface area (Å²) in [6.45, 7) is 6.13. The lowest BCUT2D eigenvalue weighted by molar-refractivity contribution is -0.115. The zero-order chi connectivity index (χ0) is 11.0. The molecule has 1 rings (SSSR count). The molecule has 0 amide bonds. The molecule has 1 N–H and O–H groups in total. The van der Waals surface area contributed by atoms with E-state index in [9.17, 15) is 9.90 Å². The summed E-state index contributed by atoms with van der Waals surface area (Å²) in [5.41, 5.74) is 0.698. The molecular formula is C12H22O2. The molecule has 0 saturated heterocycles. The van der Waals surface area contributed by atoms with E-state index in [0.717, 1.165) is 25.7 Å². The van der Waals surface area contributed by atoms with Gasteiger partial charge in [0, 0.05) is 18.4 Å². The second kappa shape index (κ2) is 7.60. The summed E-state index contributed by atoms with van der Waals surface area (Å²) in [6, 6.07) is 0. The zero-order valence-electron chi connectivity index (χ0n) is 9.60. The normalized spacial score (nSPS) is 15.5. The molecule has 14 heavy (non-hydrogen) atoms. The number of hydrogen-bond donors (Lipinski definition) is 1. The van der Waals surface area contributed by atoms with Crippen LogP contribution >= 0.6 is 0 Å². The number of carbonyl (C=O) groups excluding carboxylic acids is 1. The number of Topliss-reactive ketones (excluding diaryl/α,β-unsaturated/α-hetero) is 1. The van der Waals surface area contributed by atoms with Crippen molar-refractivity contribution in [2.75, 3.05) is 0 Å². The lowest BCUT2D eigenvalue weighted by Gasteiger charge is -1.99. The third-order valence-electron chi connectivity index (χ3n) is 2.30. The van der Waals surface area contributed by atoms with Gasteiger partial charge in [0.2, 0.25) is 0 Å². The van der Waals surface area contributed by atoms with E-state index in [-0.39, 0.29) is 5.78 Å². The van der Waals surface area contributed by atoms with Crippen LogP contribution in [0.1, 0.15) is 59.3 Å². The van der Waals surface area contributed by atoms with E-state index in [0.29, 0.717) is 24.2 Å². The summed E-state index contributed by atoms with van der Waals surface area (Å²) in [7, 11) is 0. The maximum atomic E-state index is 11.2.